The molecule has 1 aromatic carbocycles. The van der Waals surface area contributed by atoms with Crippen molar-refractivity contribution in [3.8, 4) is 0 Å². The highest BCUT2D eigenvalue weighted by atomic mass is 35.5. The summed E-state index contributed by atoms with van der Waals surface area (Å²) in [6.45, 7) is 1.93. The Kier molecular flexibility index (Phi) is 4.08. The van der Waals surface area contributed by atoms with Crippen molar-refractivity contribution in [3.63, 3.8) is 0 Å². The van der Waals surface area contributed by atoms with Crippen molar-refractivity contribution in [2.75, 3.05) is 0 Å². The summed E-state index contributed by atoms with van der Waals surface area (Å²) in [4.78, 5) is 11.5. The Morgan fingerprint density at radius 1 is 1.50 bits per heavy atom. The molecule has 0 aliphatic carbocycles. The molecule has 0 radical (unpaired) electrons. The van der Waals surface area contributed by atoms with Gasteiger partial charge in [-0.25, -0.2) is 4.39 Å². The van der Waals surface area contributed by atoms with Gasteiger partial charge in [0.05, 0.1) is 5.88 Å². The Labute approximate surface area is 87.9 Å². The number of alkyl halides is 1. The Hall–Kier alpha value is -0.890. The zero-order valence-electron chi connectivity index (χ0n) is 8.02. The number of hydrogen-bond donors (Lipinski definition) is 0. The molecule has 0 aromatic heterocycles. The van der Waals surface area contributed by atoms with E-state index in [1.165, 1.54) is 18.2 Å². The summed E-state index contributed by atoms with van der Waals surface area (Å²) in [6.07, 6.45) is 1.29. The highest BCUT2D eigenvalue weighted by molar-refractivity contribution is 6.17. The van der Waals surface area contributed by atoms with Crippen molar-refractivity contribution in [1.29, 1.82) is 0 Å². The molecule has 0 aliphatic rings. The summed E-state index contributed by atoms with van der Waals surface area (Å²) in [5.74, 6) is -0.217. The summed E-state index contributed by atoms with van der Waals surface area (Å²) in [5.41, 5.74) is 0.928. The standard InChI is InChI=1S/C11H12ClFO/c1-2-3-11(14)8-4-5-10(13)9(6-8)7-12/h4-6H,2-3,7H2,1H3. The average molecular weight is 215 g/mol. The number of carbonyl (C=O) groups excluding carboxylic acids is 1. The Morgan fingerprint density at radius 2 is 2.21 bits per heavy atom. The van der Waals surface area contributed by atoms with E-state index in [-0.39, 0.29) is 17.5 Å². The fraction of sp³-hybridized carbons (Fsp3) is 0.364. The maximum Gasteiger partial charge on any atom is 0.162 e. The zero-order chi connectivity index (χ0) is 10.6. The van der Waals surface area contributed by atoms with Gasteiger partial charge in [-0.1, -0.05) is 6.92 Å². The van der Waals surface area contributed by atoms with Gasteiger partial charge in [-0.3, -0.25) is 4.79 Å². The Morgan fingerprint density at radius 3 is 2.79 bits per heavy atom. The summed E-state index contributed by atoms with van der Waals surface area (Å²) in [6, 6.07) is 4.32. The van der Waals surface area contributed by atoms with Crippen LogP contribution >= 0.6 is 11.6 Å². The predicted octanol–water partition coefficient (Wildman–Crippen LogP) is 3.55. The quantitative estimate of drug-likeness (QED) is 0.554. The largest absolute Gasteiger partial charge is 0.294 e. The lowest BCUT2D eigenvalue weighted by atomic mass is 10.0. The van der Waals surface area contributed by atoms with Gasteiger partial charge < -0.3 is 0 Å². The molecular weight excluding hydrogens is 203 g/mol. The van der Waals surface area contributed by atoms with Crippen LogP contribution in [-0.2, 0) is 5.88 Å². The molecule has 3 heteroatoms. The van der Waals surface area contributed by atoms with Crippen LogP contribution in [0.15, 0.2) is 18.2 Å². The third-order valence-corrected chi connectivity index (χ3v) is 2.28. The zero-order valence-corrected chi connectivity index (χ0v) is 8.77. The Bertz CT molecular complexity index is 336. The van der Waals surface area contributed by atoms with Gasteiger partial charge in [-0.2, -0.15) is 0 Å². The molecule has 0 saturated carbocycles. The summed E-state index contributed by atoms with van der Waals surface area (Å²) >= 11 is 5.53. The maximum absolute atomic E-state index is 13.0. The average Bonchev–Trinajstić information content (AvgIpc) is 2.19. The smallest absolute Gasteiger partial charge is 0.162 e. The van der Waals surface area contributed by atoms with Gasteiger partial charge in [0.15, 0.2) is 5.78 Å². The summed E-state index contributed by atoms with van der Waals surface area (Å²) < 4.78 is 13.0. The van der Waals surface area contributed by atoms with Crippen LogP contribution in [0, 0.1) is 5.82 Å². The lowest BCUT2D eigenvalue weighted by molar-refractivity contribution is 0.0981. The SMILES string of the molecule is CCCC(=O)c1ccc(F)c(CCl)c1. The van der Waals surface area contributed by atoms with Crippen molar-refractivity contribution in [1.82, 2.24) is 0 Å². The van der Waals surface area contributed by atoms with Crippen LogP contribution in [0.5, 0.6) is 0 Å². The fourth-order valence-electron chi connectivity index (χ4n) is 1.22. The van der Waals surface area contributed by atoms with Crippen molar-refractivity contribution in [2.24, 2.45) is 0 Å². The lowest BCUT2D eigenvalue weighted by Crippen LogP contribution is -2.00. The summed E-state index contributed by atoms with van der Waals surface area (Å²) in [5, 5.41) is 0. The second-order valence-electron chi connectivity index (χ2n) is 3.11. The first-order valence-electron chi connectivity index (χ1n) is 4.56. The highest BCUT2D eigenvalue weighted by Gasteiger charge is 2.08. The minimum Gasteiger partial charge on any atom is -0.294 e. The van der Waals surface area contributed by atoms with Crippen molar-refractivity contribution in [2.45, 2.75) is 25.6 Å². The number of Topliss-reactive ketones (excluding diaryl/α,β-unsaturated/α-hetero) is 1. The first-order chi connectivity index (χ1) is 6.69. The molecule has 76 valence electrons. The number of benzene rings is 1. The molecule has 0 heterocycles. The molecule has 0 bridgehead atoms. The van der Waals surface area contributed by atoms with Gasteiger partial charge in [0, 0.05) is 17.5 Å². The number of halogens is 2. The van der Waals surface area contributed by atoms with Gasteiger partial charge in [0.25, 0.3) is 0 Å². The van der Waals surface area contributed by atoms with Crippen LogP contribution in [0.2, 0.25) is 0 Å². The minimum atomic E-state index is -0.354. The molecule has 0 spiro atoms. The second-order valence-corrected chi connectivity index (χ2v) is 3.38. The molecule has 0 aliphatic heterocycles. The van der Waals surface area contributed by atoms with E-state index in [0.29, 0.717) is 17.5 Å². The Balaban J connectivity index is 2.94. The minimum absolute atomic E-state index is 0.0406. The molecule has 0 saturated heterocycles. The van der Waals surface area contributed by atoms with Crippen LogP contribution in [0.4, 0.5) is 4.39 Å². The topological polar surface area (TPSA) is 17.1 Å². The van der Waals surface area contributed by atoms with Gasteiger partial charge in [-0.15, -0.1) is 11.6 Å². The molecule has 1 rings (SSSR count). The molecule has 0 N–H and O–H groups in total. The van der Waals surface area contributed by atoms with Crippen LogP contribution in [0.3, 0.4) is 0 Å². The van der Waals surface area contributed by atoms with E-state index in [1.54, 1.807) is 0 Å². The van der Waals surface area contributed by atoms with E-state index in [4.69, 9.17) is 11.6 Å². The van der Waals surface area contributed by atoms with E-state index in [1.807, 2.05) is 6.92 Å². The van der Waals surface area contributed by atoms with Gasteiger partial charge in [0.1, 0.15) is 5.82 Å². The third-order valence-electron chi connectivity index (χ3n) is 1.99. The van der Waals surface area contributed by atoms with E-state index >= 15 is 0 Å². The van der Waals surface area contributed by atoms with Crippen LogP contribution < -0.4 is 0 Å². The monoisotopic (exact) mass is 214 g/mol. The number of hydrogen-bond acceptors (Lipinski definition) is 1. The van der Waals surface area contributed by atoms with Crippen LogP contribution in [-0.4, -0.2) is 5.78 Å². The van der Waals surface area contributed by atoms with Crippen molar-refractivity contribution >= 4 is 17.4 Å². The predicted molar refractivity (Wildman–Crippen MR) is 55.2 cm³/mol. The van der Waals surface area contributed by atoms with Crippen molar-refractivity contribution < 1.29 is 9.18 Å². The number of ketones is 1. The van der Waals surface area contributed by atoms with Gasteiger partial charge in [0.2, 0.25) is 0 Å². The van der Waals surface area contributed by atoms with Gasteiger partial charge >= 0.3 is 0 Å². The molecule has 0 atom stereocenters. The molecule has 1 nitrogen and oxygen atoms in total. The fourth-order valence-corrected chi connectivity index (χ4v) is 1.43. The molecule has 0 amide bonds. The first kappa shape index (κ1) is 11.2. The first-order valence-corrected chi connectivity index (χ1v) is 5.10. The second kappa shape index (κ2) is 5.11. The number of rotatable bonds is 4. The van der Waals surface area contributed by atoms with E-state index in [2.05, 4.69) is 0 Å². The molecule has 14 heavy (non-hydrogen) atoms. The van der Waals surface area contributed by atoms with Crippen molar-refractivity contribution in [3.05, 3.63) is 35.1 Å². The third kappa shape index (κ3) is 2.55. The van der Waals surface area contributed by atoms with E-state index in [0.717, 1.165) is 6.42 Å². The molecule has 0 unspecified atom stereocenters. The molecule has 0 fully saturated rings. The van der Waals surface area contributed by atoms with E-state index < -0.39 is 0 Å². The lowest BCUT2D eigenvalue weighted by Gasteiger charge is -2.02. The molecular formula is C11H12ClFO. The van der Waals surface area contributed by atoms with Crippen LogP contribution in [0.1, 0.15) is 35.7 Å². The summed E-state index contributed by atoms with van der Waals surface area (Å²) in [7, 11) is 0. The van der Waals surface area contributed by atoms with Gasteiger partial charge in [-0.05, 0) is 24.6 Å². The van der Waals surface area contributed by atoms with E-state index in [9.17, 15) is 9.18 Å². The maximum atomic E-state index is 13.0. The molecule has 1 aromatic rings. The normalized spacial score (nSPS) is 10.2. The number of carbonyl (C=O) groups is 1. The highest BCUT2D eigenvalue weighted by Crippen LogP contribution is 2.14. The van der Waals surface area contributed by atoms with Crippen LogP contribution in [0.25, 0.3) is 0 Å².